The Labute approximate surface area is 167 Å². The average molecular weight is 393 g/mol. The van der Waals surface area contributed by atoms with Crippen LogP contribution in [0.3, 0.4) is 0 Å². The van der Waals surface area contributed by atoms with E-state index in [9.17, 15) is 13.2 Å². The number of nitrogens with zero attached hydrogens (tertiary/aromatic N) is 1. The van der Waals surface area contributed by atoms with Crippen LogP contribution >= 0.6 is 0 Å². The second-order valence-electron chi connectivity index (χ2n) is 6.74. The maximum absolute atomic E-state index is 12.7. The molecule has 29 heavy (non-hydrogen) atoms. The van der Waals surface area contributed by atoms with Gasteiger partial charge in [-0.05, 0) is 41.0 Å². The molecule has 146 valence electrons. The molecule has 1 aliphatic rings. The van der Waals surface area contributed by atoms with Gasteiger partial charge >= 0.3 is 6.18 Å². The Morgan fingerprint density at radius 2 is 1.52 bits per heavy atom. The van der Waals surface area contributed by atoms with E-state index in [1.807, 2.05) is 66.7 Å². The number of hydrogen-bond acceptors (Lipinski definition) is 2. The first-order valence-corrected chi connectivity index (χ1v) is 9.21. The van der Waals surface area contributed by atoms with Crippen LogP contribution < -0.4 is 0 Å². The highest BCUT2D eigenvalue weighted by molar-refractivity contribution is 5.96. The van der Waals surface area contributed by atoms with Gasteiger partial charge in [0.15, 0.2) is 0 Å². The van der Waals surface area contributed by atoms with Gasteiger partial charge in [0.05, 0.1) is 12.1 Å². The molecular formula is C24H18F3NO. The van der Waals surface area contributed by atoms with Gasteiger partial charge in [-0.15, -0.1) is 0 Å². The standard InChI is InChI=1S/C24H18F3NO/c25-24(26,27)21-13-11-19(12-14-21)22-16-28-23(29-22)20-8-4-7-18(15-20)10-9-17-5-2-1-3-6-17/h1-15,22H,16H2/b10-9+. The third-order valence-electron chi connectivity index (χ3n) is 4.67. The van der Waals surface area contributed by atoms with Gasteiger partial charge in [0, 0.05) is 5.56 Å². The van der Waals surface area contributed by atoms with Crippen LogP contribution in [0.15, 0.2) is 83.9 Å². The van der Waals surface area contributed by atoms with Crippen molar-refractivity contribution in [1.82, 2.24) is 0 Å². The largest absolute Gasteiger partial charge is 0.467 e. The summed E-state index contributed by atoms with van der Waals surface area (Å²) in [6.07, 6.45) is -0.677. The highest BCUT2D eigenvalue weighted by Gasteiger charge is 2.31. The number of benzene rings is 3. The summed E-state index contributed by atoms with van der Waals surface area (Å²) < 4.78 is 44.1. The van der Waals surface area contributed by atoms with E-state index < -0.39 is 11.7 Å². The second kappa shape index (κ2) is 7.95. The van der Waals surface area contributed by atoms with Crippen LogP contribution in [-0.4, -0.2) is 12.4 Å². The van der Waals surface area contributed by atoms with Crippen molar-refractivity contribution in [2.45, 2.75) is 12.3 Å². The van der Waals surface area contributed by atoms with Crippen LogP contribution in [0.25, 0.3) is 12.2 Å². The molecule has 0 saturated carbocycles. The molecule has 4 rings (SSSR count). The van der Waals surface area contributed by atoms with Gasteiger partial charge in [0.1, 0.15) is 6.10 Å². The molecule has 3 aromatic rings. The maximum Gasteiger partial charge on any atom is 0.416 e. The quantitative estimate of drug-likeness (QED) is 0.471. The Bertz CT molecular complexity index is 1040. The van der Waals surface area contributed by atoms with E-state index in [1.54, 1.807) is 0 Å². The number of aliphatic imine (C=N–C) groups is 1. The summed E-state index contributed by atoms with van der Waals surface area (Å²) >= 11 is 0. The van der Waals surface area contributed by atoms with E-state index in [1.165, 1.54) is 12.1 Å². The SMILES string of the molecule is FC(F)(F)c1ccc(C2CN=C(c3cccc(/C=C/c4ccccc4)c3)O2)cc1. The molecule has 1 atom stereocenters. The van der Waals surface area contributed by atoms with E-state index in [2.05, 4.69) is 4.99 Å². The molecule has 0 radical (unpaired) electrons. The first-order chi connectivity index (χ1) is 14.0. The number of hydrogen-bond donors (Lipinski definition) is 0. The first-order valence-electron chi connectivity index (χ1n) is 9.21. The van der Waals surface area contributed by atoms with Crippen LogP contribution in [0, 0.1) is 0 Å². The van der Waals surface area contributed by atoms with Gasteiger partial charge in [-0.2, -0.15) is 13.2 Å². The minimum Gasteiger partial charge on any atom is -0.467 e. The van der Waals surface area contributed by atoms with Crippen LogP contribution in [0.2, 0.25) is 0 Å². The Morgan fingerprint density at radius 3 is 2.24 bits per heavy atom. The molecule has 0 saturated heterocycles. The topological polar surface area (TPSA) is 21.6 Å². The van der Waals surface area contributed by atoms with Crippen molar-refractivity contribution < 1.29 is 17.9 Å². The summed E-state index contributed by atoms with van der Waals surface area (Å²) in [5.41, 5.74) is 2.97. The molecule has 0 N–H and O–H groups in total. The zero-order valence-corrected chi connectivity index (χ0v) is 15.4. The molecule has 3 aromatic carbocycles. The monoisotopic (exact) mass is 393 g/mol. The van der Waals surface area contributed by atoms with Crippen molar-refractivity contribution in [2.75, 3.05) is 6.54 Å². The van der Waals surface area contributed by atoms with Gasteiger partial charge in [-0.25, -0.2) is 4.99 Å². The molecule has 0 spiro atoms. The Kier molecular flexibility index (Phi) is 5.21. The zero-order valence-electron chi connectivity index (χ0n) is 15.4. The lowest BCUT2D eigenvalue weighted by atomic mass is 10.1. The molecule has 0 aromatic heterocycles. The lowest BCUT2D eigenvalue weighted by Gasteiger charge is -2.13. The van der Waals surface area contributed by atoms with Gasteiger partial charge in [-0.3, -0.25) is 0 Å². The molecule has 0 aliphatic carbocycles. The molecule has 1 unspecified atom stereocenters. The van der Waals surface area contributed by atoms with Gasteiger partial charge in [0.2, 0.25) is 5.90 Å². The molecule has 1 aliphatic heterocycles. The summed E-state index contributed by atoms with van der Waals surface area (Å²) in [5, 5.41) is 0. The van der Waals surface area contributed by atoms with E-state index in [0.29, 0.717) is 18.0 Å². The number of rotatable bonds is 4. The number of ether oxygens (including phenoxy) is 1. The fourth-order valence-corrected chi connectivity index (χ4v) is 3.13. The second-order valence-corrected chi connectivity index (χ2v) is 6.74. The van der Waals surface area contributed by atoms with Gasteiger partial charge in [-0.1, -0.05) is 66.7 Å². The molecule has 0 bridgehead atoms. The predicted octanol–water partition coefficient (Wildman–Crippen LogP) is 6.39. The molecule has 0 fully saturated rings. The fraction of sp³-hybridized carbons (Fsp3) is 0.125. The molecular weight excluding hydrogens is 375 g/mol. The summed E-state index contributed by atoms with van der Waals surface area (Å²) in [6.45, 7) is 0.380. The van der Waals surface area contributed by atoms with Crippen LogP contribution in [0.1, 0.15) is 33.9 Å². The summed E-state index contributed by atoms with van der Waals surface area (Å²) in [6, 6.07) is 22.9. The summed E-state index contributed by atoms with van der Waals surface area (Å²) in [5.74, 6) is 0.504. The minimum atomic E-state index is -4.34. The van der Waals surface area contributed by atoms with Crippen molar-refractivity contribution in [1.29, 1.82) is 0 Å². The Hall–Kier alpha value is -3.34. The zero-order chi connectivity index (χ0) is 20.3. The lowest BCUT2D eigenvalue weighted by molar-refractivity contribution is -0.137. The third-order valence-corrected chi connectivity index (χ3v) is 4.67. The fourth-order valence-electron chi connectivity index (χ4n) is 3.13. The number of alkyl halides is 3. The normalized spacial score (nSPS) is 16.7. The Morgan fingerprint density at radius 1 is 0.828 bits per heavy atom. The van der Waals surface area contributed by atoms with Crippen molar-refractivity contribution in [3.8, 4) is 0 Å². The van der Waals surface area contributed by atoms with Gasteiger partial charge in [0.25, 0.3) is 0 Å². The number of halogens is 3. The molecule has 5 heteroatoms. The minimum absolute atomic E-state index is 0.379. The maximum atomic E-state index is 12.7. The van der Waals surface area contributed by atoms with Crippen molar-refractivity contribution in [3.05, 3.63) is 107 Å². The van der Waals surface area contributed by atoms with E-state index in [-0.39, 0.29) is 6.10 Å². The first kappa shape index (κ1) is 19.0. The summed E-state index contributed by atoms with van der Waals surface area (Å²) in [7, 11) is 0. The average Bonchev–Trinajstić information content (AvgIpc) is 3.23. The van der Waals surface area contributed by atoms with Crippen molar-refractivity contribution >= 4 is 18.0 Å². The van der Waals surface area contributed by atoms with E-state index in [4.69, 9.17) is 4.74 Å². The lowest BCUT2D eigenvalue weighted by Crippen LogP contribution is -2.08. The third kappa shape index (κ3) is 4.57. The van der Waals surface area contributed by atoms with Crippen LogP contribution in [-0.2, 0) is 10.9 Å². The highest BCUT2D eigenvalue weighted by Crippen LogP contribution is 2.32. The predicted molar refractivity (Wildman–Crippen MR) is 108 cm³/mol. The molecule has 1 heterocycles. The van der Waals surface area contributed by atoms with Crippen LogP contribution in [0.4, 0.5) is 13.2 Å². The molecule has 0 amide bonds. The Balaban J connectivity index is 1.46. The smallest absolute Gasteiger partial charge is 0.416 e. The molecule has 2 nitrogen and oxygen atoms in total. The highest BCUT2D eigenvalue weighted by atomic mass is 19.4. The van der Waals surface area contributed by atoms with Crippen molar-refractivity contribution in [2.24, 2.45) is 4.99 Å². The van der Waals surface area contributed by atoms with E-state index in [0.717, 1.165) is 28.8 Å². The van der Waals surface area contributed by atoms with Crippen LogP contribution in [0.5, 0.6) is 0 Å². The summed E-state index contributed by atoms with van der Waals surface area (Å²) in [4.78, 5) is 4.44. The van der Waals surface area contributed by atoms with E-state index >= 15 is 0 Å². The van der Waals surface area contributed by atoms with Crippen molar-refractivity contribution in [3.63, 3.8) is 0 Å². The van der Waals surface area contributed by atoms with Gasteiger partial charge < -0.3 is 4.74 Å².